The molecule has 1 aliphatic rings. The van der Waals surface area contributed by atoms with Crippen LogP contribution >= 0.6 is 0 Å². The van der Waals surface area contributed by atoms with Gasteiger partial charge < -0.3 is 15.1 Å². The van der Waals surface area contributed by atoms with Crippen LogP contribution in [0.25, 0.3) is 0 Å². The van der Waals surface area contributed by atoms with E-state index in [1.54, 1.807) is 24.4 Å². The molecule has 1 fully saturated rings. The topological polar surface area (TPSA) is 85.9 Å². The summed E-state index contributed by atoms with van der Waals surface area (Å²) in [6.45, 7) is 11.1. The zero-order valence-corrected chi connectivity index (χ0v) is 20.2. The average Bonchev–Trinajstić information content (AvgIpc) is 2.79. The molecule has 1 N–H and O–H groups in total. The lowest BCUT2D eigenvalue weighted by atomic mass is 10.1. The molecule has 1 aromatic heterocycles. The second-order valence-corrected chi connectivity index (χ2v) is 10.3. The summed E-state index contributed by atoms with van der Waals surface area (Å²) >= 11 is 0. The summed E-state index contributed by atoms with van der Waals surface area (Å²) in [6.07, 6.45) is 1.76. The van der Waals surface area contributed by atoms with E-state index in [1.165, 1.54) is 7.05 Å². The highest BCUT2D eigenvalue weighted by atomic mass is 32.2. The quantitative estimate of drug-likeness (QED) is 0.648. The van der Waals surface area contributed by atoms with E-state index in [1.807, 2.05) is 26.0 Å². The fourth-order valence-electron chi connectivity index (χ4n) is 3.60. The normalized spacial score (nSPS) is 15.2. The Morgan fingerprint density at radius 2 is 1.81 bits per heavy atom. The second kappa shape index (κ2) is 10.4. The lowest BCUT2D eigenvalue weighted by Gasteiger charge is -2.34. The second-order valence-electron chi connectivity index (χ2n) is 8.23. The van der Waals surface area contributed by atoms with Gasteiger partial charge in [-0.2, -0.15) is 4.31 Å². The molecule has 0 bridgehead atoms. The molecule has 32 heavy (non-hydrogen) atoms. The lowest BCUT2D eigenvalue weighted by Crippen LogP contribution is -2.46. The largest absolute Gasteiger partial charge is 0.354 e. The number of anilines is 1. The van der Waals surface area contributed by atoms with Crippen LogP contribution in [0.4, 0.5) is 5.82 Å². The molecule has 1 aromatic carbocycles. The Hall–Kier alpha value is -2.49. The molecule has 0 unspecified atom stereocenters. The number of nitrogens with zero attached hydrogens (tertiary/aromatic N) is 4. The third-order valence-electron chi connectivity index (χ3n) is 6.00. The van der Waals surface area contributed by atoms with Crippen LogP contribution in [0.5, 0.6) is 0 Å². The van der Waals surface area contributed by atoms with E-state index in [0.29, 0.717) is 6.54 Å². The number of nitrogens with one attached hydrogen (secondary N) is 1. The number of carbonyl (C=O) groups excluding carboxylic acids is 1. The van der Waals surface area contributed by atoms with Crippen molar-refractivity contribution in [1.29, 1.82) is 0 Å². The molecule has 1 aliphatic heterocycles. The van der Waals surface area contributed by atoms with Crippen molar-refractivity contribution in [1.82, 2.24) is 19.5 Å². The van der Waals surface area contributed by atoms with Crippen LogP contribution in [0.1, 0.15) is 23.6 Å². The van der Waals surface area contributed by atoms with Gasteiger partial charge in [0.05, 0.1) is 11.4 Å². The van der Waals surface area contributed by atoms with Crippen LogP contribution in [-0.4, -0.2) is 74.8 Å². The first-order chi connectivity index (χ1) is 15.2. The maximum absolute atomic E-state index is 12.8. The van der Waals surface area contributed by atoms with Crippen LogP contribution in [0.2, 0.25) is 0 Å². The highest BCUT2D eigenvalue weighted by Gasteiger charge is 2.23. The van der Waals surface area contributed by atoms with E-state index in [9.17, 15) is 13.2 Å². The molecule has 0 aliphatic carbocycles. The molecule has 174 valence electrons. The predicted molar refractivity (Wildman–Crippen MR) is 126 cm³/mol. The van der Waals surface area contributed by atoms with Crippen LogP contribution in [-0.2, 0) is 21.4 Å². The van der Waals surface area contributed by atoms with E-state index in [2.05, 4.69) is 27.0 Å². The number of rotatable bonds is 8. The molecule has 1 amide bonds. The fraction of sp³-hybridized carbons (Fsp3) is 0.478. The number of aryl methyl sites for hydroxylation is 2. The first-order valence-electron chi connectivity index (χ1n) is 10.9. The van der Waals surface area contributed by atoms with Crippen molar-refractivity contribution < 1.29 is 13.2 Å². The molecule has 0 spiro atoms. The van der Waals surface area contributed by atoms with Crippen LogP contribution in [0, 0.1) is 13.8 Å². The van der Waals surface area contributed by atoms with Gasteiger partial charge in [-0.05, 0) is 55.3 Å². The molecule has 0 saturated carbocycles. The van der Waals surface area contributed by atoms with Gasteiger partial charge in [-0.1, -0.05) is 19.1 Å². The number of amides is 1. The smallest absolute Gasteiger partial charge is 0.243 e. The van der Waals surface area contributed by atoms with E-state index in [4.69, 9.17) is 0 Å². The monoisotopic (exact) mass is 459 g/mol. The molecule has 2 heterocycles. The Bertz CT molecular complexity index is 1030. The number of hydrogen-bond donors (Lipinski definition) is 1. The van der Waals surface area contributed by atoms with Gasteiger partial charge in [0, 0.05) is 46.0 Å². The maximum Gasteiger partial charge on any atom is 0.243 e. The third-order valence-corrected chi connectivity index (χ3v) is 7.79. The van der Waals surface area contributed by atoms with Gasteiger partial charge in [-0.15, -0.1) is 0 Å². The third kappa shape index (κ3) is 5.85. The Morgan fingerprint density at radius 3 is 2.41 bits per heavy atom. The summed E-state index contributed by atoms with van der Waals surface area (Å²) in [5.41, 5.74) is 2.79. The Balaban J connectivity index is 1.51. The molecule has 3 rings (SSSR count). The van der Waals surface area contributed by atoms with Crippen LogP contribution in [0.15, 0.2) is 41.4 Å². The van der Waals surface area contributed by atoms with Crippen molar-refractivity contribution in [2.24, 2.45) is 0 Å². The summed E-state index contributed by atoms with van der Waals surface area (Å²) in [4.78, 5) is 21.8. The highest BCUT2D eigenvalue weighted by Crippen LogP contribution is 2.18. The number of sulfonamides is 1. The minimum absolute atomic E-state index is 0.190. The Labute approximate surface area is 191 Å². The van der Waals surface area contributed by atoms with E-state index in [-0.39, 0.29) is 17.3 Å². The first-order valence-corrected chi connectivity index (χ1v) is 12.4. The first kappa shape index (κ1) is 24.2. The Morgan fingerprint density at radius 1 is 1.09 bits per heavy atom. The minimum atomic E-state index is -3.73. The molecule has 8 nitrogen and oxygen atoms in total. The summed E-state index contributed by atoms with van der Waals surface area (Å²) < 4.78 is 26.6. The zero-order valence-electron chi connectivity index (χ0n) is 19.3. The van der Waals surface area contributed by atoms with Crippen LogP contribution in [0.3, 0.4) is 0 Å². The van der Waals surface area contributed by atoms with Gasteiger partial charge in [0.1, 0.15) is 5.82 Å². The van der Waals surface area contributed by atoms with Gasteiger partial charge in [0.15, 0.2) is 0 Å². The fourth-order valence-corrected chi connectivity index (χ4v) is 4.81. The number of pyridine rings is 1. The molecular formula is C23H33N5O3S. The van der Waals surface area contributed by atoms with Crippen molar-refractivity contribution in [3.05, 3.63) is 53.2 Å². The average molecular weight is 460 g/mol. The summed E-state index contributed by atoms with van der Waals surface area (Å²) in [5, 5.41) is 2.78. The maximum atomic E-state index is 12.8. The van der Waals surface area contributed by atoms with Gasteiger partial charge in [-0.25, -0.2) is 13.4 Å². The predicted octanol–water partition coefficient (Wildman–Crippen LogP) is 1.78. The molecular weight excluding hydrogens is 426 g/mol. The summed E-state index contributed by atoms with van der Waals surface area (Å²) in [6, 6.07) is 8.90. The number of piperazine rings is 1. The number of hydrogen-bond acceptors (Lipinski definition) is 6. The van der Waals surface area contributed by atoms with Crippen molar-refractivity contribution >= 4 is 21.7 Å². The van der Waals surface area contributed by atoms with Crippen molar-refractivity contribution in [3.63, 3.8) is 0 Å². The highest BCUT2D eigenvalue weighted by molar-refractivity contribution is 7.89. The van der Waals surface area contributed by atoms with Gasteiger partial charge >= 0.3 is 0 Å². The molecule has 1 saturated heterocycles. The molecule has 0 radical (unpaired) electrons. The number of benzene rings is 1. The minimum Gasteiger partial charge on any atom is -0.354 e. The number of carbonyl (C=O) groups is 1. The van der Waals surface area contributed by atoms with Gasteiger partial charge in [0.2, 0.25) is 15.9 Å². The van der Waals surface area contributed by atoms with Gasteiger partial charge in [-0.3, -0.25) is 4.79 Å². The molecule has 0 atom stereocenters. The number of aromatic nitrogens is 1. The van der Waals surface area contributed by atoms with Crippen molar-refractivity contribution in [2.45, 2.75) is 32.2 Å². The van der Waals surface area contributed by atoms with Crippen molar-refractivity contribution in [3.8, 4) is 0 Å². The van der Waals surface area contributed by atoms with E-state index < -0.39 is 10.0 Å². The van der Waals surface area contributed by atoms with Gasteiger partial charge in [0.25, 0.3) is 0 Å². The molecule has 9 heteroatoms. The van der Waals surface area contributed by atoms with E-state index in [0.717, 1.165) is 59.5 Å². The lowest BCUT2D eigenvalue weighted by molar-refractivity contribution is -0.121. The van der Waals surface area contributed by atoms with E-state index >= 15 is 0 Å². The van der Waals surface area contributed by atoms with Crippen LogP contribution < -0.4 is 10.2 Å². The zero-order chi connectivity index (χ0) is 23.3. The summed E-state index contributed by atoms with van der Waals surface area (Å²) in [7, 11) is -2.31. The Kier molecular flexibility index (Phi) is 7.86. The van der Waals surface area contributed by atoms with Crippen molar-refractivity contribution in [2.75, 3.05) is 51.2 Å². The summed E-state index contributed by atoms with van der Waals surface area (Å²) in [5.74, 6) is 0.578. The standard InChI is InChI=1S/C23H33N5O3S/c1-5-27-10-12-28(13-11-27)22-9-7-20(15-24-22)16-25-23(29)17-26(4)32(30,31)21-8-6-18(2)19(3)14-21/h6-9,14-15H,5,10-13,16-17H2,1-4H3,(H,25,29). The number of likely N-dealkylation sites (N-methyl/N-ethyl adjacent to an activating group) is 2. The molecule has 2 aromatic rings. The SMILES string of the molecule is CCN1CCN(c2ccc(CNC(=O)CN(C)S(=O)(=O)c3ccc(C)c(C)c3)cn2)CC1.